The van der Waals surface area contributed by atoms with Gasteiger partial charge in [0.15, 0.2) is 0 Å². The van der Waals surface area contributed by atoms with Crippen molar-refractivity contribution in [2.24, 2.45) is 17.3 Å². The van der Waals surface area contributed by atoms with Gasteiger partial charge in [-0.1, -0.05) is 33.8 Å². The largest absolute Gasteiger partial charge is 0.348 e. The Morgan fingerprint density at radius 1 is 1.48 bits per heavy atom. The van der Waals surface area contributed by atoms with Crippen molar-refractivity contribution in [3.63, 3.8) is 0 Å². The molecule has 1 aliphatic heterocycles. The Balaban J connectivity index is 2.07. The summed E-state index contributed by atoms with van der Waals surface area (Å²) >= 11 is 1.72. The van der Waals surface area contributed by atoms with Crippen LogP contribution >= 0.6 is 11.3 Å². The standard InChI is InChI=1S/C17H28N2OS/c1-12(2)15(14-8-6-10-21-14)19-16(20)17(3,4)13-7-5-9-18-11-13/h6,8,10,12-13,15,18H,5,7,9,11H2,1-4H3,(H,19,20). The van der Waals surface area contributed by atoms with Crippen molar-refractivity contribution in [1.82, 2.24) is 10.6 Å². The van der Waals surface area contributed by atoms with Crippen molar-refractivity contribution < 1.29 is 4.79 Å². The first-order valence-electron chi connectivity index (χ1n) is 7.98. The zero-order valence-electron chi connectivity index (χ0n) is 13.6. The van der Waals surface area contributed by atoms with Gasteiger partial charge in [-0.15, -0.1) is 11.3 Å². The van der Waals surface area contributed by atoms with Gasteiger partial charge in [-0.3, -0.25) is 4.79 Å². The Labute approximate surface area is 132 Å². The Morgan fingerprint density at radius 3 is 2.76 bits per heavy atom. The molecule has 3 nitrogen and oxygen atoms in total. The van der Waals surface area contributed by atoms with E-state index >= 15 is 0 Å². The van der Waals surface area contributed by atoms with E-state index in [-0.39, 0.29) is 17.4 Å². The van der Waals surface area contributed by atoms with Gasteiger partial charge in [-0.05, 0) is 49.2 Å². The van der Waals surface area contributed by atoms with E-state index < -0.39 is 0 Å². The third-order valence-electron chi connectivity index (χ3n) is 4.71. The molecule has 0 aliphatic carbocycles. The average Bonchev–Trinajstić information content (AvgIpc) is 2.98. The van der Waals surface area contributed by atoms with E-state index in [9.17, 15) is 4.79 Å². The van der Waals surface area contributed by atoms with E-state index in [2.05, 4.69) is 55.8 Å². The fourth-order valence-electron chi connectivity index (χ4n) is 3.02. The van der Waals surface area contributed by atoms with Crippen LogP contribution < -0.4 is 10.6 Å². The molecule has 118 valence electrons. The number of thiophene rings is 1. The fourth-order valence-corrected chi connectivity index (χ4v) is 3.96. The number of nitrogens with one attached hydrogen (secondary N) is 2. The fraction of sp³-hybridized carbons (Fsp3) is 0.706. The first kappa shape index (κ1) is 16.5. The molecule has 0 saturated carbocycles. The van der Waals surface area contributed by atoms with Crippen LogP contribution in [0.2, 0.25) is 0 Å². The highest BCUT2D eigenvalue weighted by atomic mass is 32.1. The lowest BCUT2D eigenvalue weighted by Gasteiger charge is -2.37. The molecule has 2 heterocycles. The molecule has 2 N–H and O–H groups in total. The van der Waals surface area contributed by atoms with Crippen molar-refractivity contribution >= 4 is 17.2 Å². The van der Waals surface area contributed by atoms with E-state index in [1.165, 1.54) is 11.3 Å². The van der Waals surface area contributed by atoms with Crippen LogP contribution in [0.3, 0.4) is 0 Å². The SMILES string of the molecule is CC(C)C(NC(=O)C(C)(C)C1CCCNC1)c1cccs1. The summed E-state index contributed by atoms with van der Waals surface area (Å²) < 4.78 is 0. The van der Waals surface area contributed by atoms with Gasteiger partial charge < -0.3 is 10.6 Å². The molecule has 2 unspecified atom stereocenters. The maximum absolute atomic E-state index is 12.8. The highest BCUT2D eigenvalue weighted by Crippen LogP contribution is 2.34. The Hall–Kier alpha value is -0.870. The maximum atomic E-state index is 12.8. The molecule has 2 atom stereocenters. The number of amides is 1. The van der Waals surface area contributed by atoms with Crippen molar-refractivity contribution in [1.29, 1.82) is 0 Å². The quantitative estimate of drug-likeness (QED) is 0.873. The summed E-state index contributed by atoms with van der Waals surface area (Å²) in [5.74, 6) is 0.999. The number of carbonyl (C=O) groups is 1. The molecule has 1 aromatic rings. The van der Waals surface area contributed by atoms with E-state index in [1.54, 1.807) is 11.3 Å². The number of hydrogen-bond donors (Lipinski definition) is 2. The Bertz CT molecular complexity index is 447. The van der Waals surface area contributed by atoms with Crippen molar-refractivity contribution in [2.75, 3.05) is 13.1 Å². The van der Waals surface area contributed by atoms with Gasteiger partial charge in [0.25, 0.3) is 0 Å². The van der Waals surface area contributed by atoms with Crippen LogP contribution in [0.1, 0.15) is 51.5 Å². The normalized spacial score (nSPS) is 21.3. The maximum Gasteiger partial charge on any atom is 0.226 e. The molecule has 1 amide bonds. The lowest BCUT2D eigenvalue weighted by Crippen LogP contribution is -2.48. The number of carbonyl (C=O) groups excluding carboxylic acids is 1. The van der Waals surface area contributed by atoms with Gasteiger partial charge in [-0.25, -0.2) is 0 Å². The smallest absolute Gasteiger partial charge is 0.226 e. The Kier molecular flexibility index (Phi) is 5.44. The lowest BCUT2D eigenvalue weighted by atomic mass is 9.74. The van der Waals surface area contributed by atoms with E-state index in [0.29, 0.717) is 11.8 Å². The summed E-state index contributed by atoms with van der Waals surface area (Å²) in [5.41, 5.74) is -0.322. The molecule has 1 fully saturated rings. The van der Waals surface area contributed by atoms with Gasteiger partial charge in [0.2, 0.25) is 5.91 Å². The lowest BCUT2D eigenvalue weighted by molar-refractivity contribution is -0.133. The van der Waals surface area contributed by atoms with Gasteiger partial charge in [-0.2, -0.15) is 0 Å². The van der Waals surface area contributed by atoms with Crippen molar-refractivity contribution in [2.45, 2.75) is 46.6 Å². The highest BCUT2D eigenvalue weighted by Gasteiger charge is 2.38. The predicted molar refractivity (Wildman–Crippen MR) is 89.4 cm³/mol. The van der Waals surface area contributed by atoms with Gasteiger partial charge in [0.05, 0.1) is 6.04 Å². The van der Waals surface area contributed by atoms with Crippen molar-refractivity contribution in [3.05, 3.63) is 22.4 Å². The van der Waals surface area contributed by atoms with Gasteiger partial charge in [0.1, 0.15) is 0 Å². The number of hydrogen-bond acceptors (Lipinski definition) is 3. The van der Waals surface area contributed by atoms with Crippen LogP contribution in [0.25, 0.3) is 0 Å². The van der Waals surface area contributed by atoms with E-state index in [0.717, 1.165) is 19.5 Å². The molecule has 1 saturated heterocycles. The number of rotatable bonds is 5. The van der Waals surface area contributed by atoms with Crippen LogP contribution in [0.5, 0.6) is 0 Å². The molecule has 0 aromatic carbocycles. The highest BCUT2D eigenvalue weighted by molar-refractivity contribution is 7.10. The van der Waals surface area contributed by atoms with Gasteiger partial charge >= 0.3 is 0 Å². The summed E-state index contributed by atoms with van der Waals surface area (Å²) in [6.07, 6.45) is 2.30. The van der Waals surface area contributed by atoms with Crippen molar-refractivity contribution in [3.8, 4) is 0 Å². The molecule has 21 heavy (non-hydrogen) atoms. The second-order valence-electron chi connectivity index (χ2n) is 6.98. The summed E-state index contributed by atoms with van der Waals surface area (Å²) in [6.45, 7) is 10.5. The first-order chi connectivity index (χ1) is 9.93. The van der Waals surface area contributed by atoms with Crippen LogP contribution in [-0.2, 0) is 4.79 Å². The monoisotopic (exact) mass is 308 g/mol. The topological polar surface area (TPSA) is 41.1 Å². The molecule has 0 bridgehead atoms. The molecular weight excluding hydrogens is 280 g/mol. The van der Waals surface area contributed by atoms with Crippen LogP contribution in [0, 0.1) is 17.3 Å². The summed E-state index contributed by atoms with van der Waals surface area (Å²) in [6, 6.07) is 4.29. The minimum atomic E-state index is -0.322. The minimum Gasteiger partial charge on any atom is -0.348 e. The zero-order valence-corrected chi connectivity index (χ0v) is 14.4. The molecule has 1 aromatic heterocycles. The average molecular weight is 308 g/mol. The zero-order chi connectivity index (χ0) is 15.5. The van der Waals surface area contributed by atoms with Crippen LogP contribution in [0.4, 0.5) is 0 Å². The summed E-state index contributed by atoms with van der Waals surface area (Å²) in [5, 5.41) is 8.80. The van der Waals surface area contributed by atoms with Crippen LogP contribution in [-0.4, -0.2) is 19.0 Å². The van der Waals surface area contributed by atoms with E-state index in [1.807, 2.05) is 0 Å². The molecule has 0 spiro atoms. The number of piperidine rings is 1. The molecular formula is C17H28N2OS. The Morgan fingerprint density at radius 2 is 2.24 bits per heavy atom. The molecule has 2 rings (SSSR count). The second kappa shape index (κ2) is 6.93. The molecule has 0 radical (unpaired) electrons. The van der Waals surface area contributed by atoms with Crippen LogP contribution in [0.15, 0.2) is 17.5 Å². The second-order valence-corrected chi connectivity index (χ2v) is 7.95. The predicted octanol–water partition coefficient (Wildman–Crippen LogP) is 3.59. The van der Waals surface area contributed by atoms with E-state index in [4.69, 9.17) is 0 Å². The molecule has 4 heteroatoms. The van der Waals surface area contributed by atoms with Gasteiger partial charge in [0, 0.05) is 10.3 Å². The molecule has 1 aliphatic rings. The summed E-state index contributed by atoms with van der Waals surface area (Å²) in [7, 11) is 0. The minimum absolute atomic E-state index is 0.119. The third kappa shape index (κ3) is 3.86. The third-order valence-corrected chi connectivity index (χ3v) is 5.66. The summed E-state index contributed by atoms with van der Waals surface area (Å²) in [4.78, 5) is 14.1. The first-order valence-corrected chi connectivity index (χ1v) is 8.86.